The van der Waals surface area contributed by atoms with Crippen LogP contribution >= 0.6 is 0 Å². The molecule has 0 bridgehead atoms. The maximum atomic E-state index is 12.5. The highest BCUT2D eigenvalue weighted by molar-refractivity contribution is 5.84. The zero-order chi connectivity index (χ0) is 18.3. The molecule has 138 valence electrons. The number of nitrogens with one attached hydrogen (secondary N) is 3. The Hall–Kier alpha value is -2.61. The zero-order valence-corrected chi connectivity index (χ0v) is 15.1. The number of piperazine rings is 2. The van der Waals surface area contributed by atoms with Crippen molar-refractivity contribution in [2.45, 2.75) is 26.4 Å². The lowest BCUT2D eigenvalue weighted by Gasteiger charge is -2.42. The maximum absolute atomic E-state index is 12.5. The van der Waals surface area contributed by atoms with Gasteiger partial charge < -0.3 is 20.5 Å². The van der Waals surface area contributed by atoms with E-state index in [1.165, 1.54) is 5.56 Å². The third kappa shape index (κ3) is 3.01. The summed E-state index contributed by atoms with van der Waals surface area (Å²) >= 11 is 0. The van der Waals surface area contributed by atoms with E-state index in [1.807, 2.05) is 6.07 Å². The molecule has 8 heteroatoms. The minimum atomic E-state index is -0.236. The summed E-state index contributed by atoms with van der Waals surface area (Å²) < 4.78 is 0. The van der Waals surface area contributed by atoms with Crippen molar-refractivity contribution in [1.82, 2.24) is 30.4 Å². The molecule has 1 atom stereocenters. The van der Waals surface area contributed by atoms with Gasteiger partial charge in [-0.25, -0.2) is 9.78 Å². The number of aromatic amines is 1. The number of benzene rings is 1. The van der Waals surface area contributed by atoms with E-state index in [0.717, 1.165) is 35.5 Å². The van der Waals surface area contributed by atoms with Gasteiger partial charge >= 0.3 is 6.03 Å². The van der Waals surface area contributed by atoms with Crippen LogP contribution in [0.5, 0.6) is 0 Å². The quantitative estimate of drug-likeness (QED) is 0.731. The number of imidazole rings is 1. The van der Waals surface area contributed by atoms with Gasteiger partial charge in [-0.3, -0.25) is 9.69 Å². The van der Waals surface area contributed by atoms with Crippen LogP contribution in [0, 0.1) is 13.8 Å². The monoisotopic (exact) mass is 356 g/mol. The molecule has 8 nitrogen and oxygen atoms in total. The highest BCUT2D eigenvalue weighted by Crippen LogP contribution is 2.19. The number of fused-ring (bicyclic) bond motifs is 2. The van der Waals surface area contributed by atoms with Crippen molar-refractivity contribution in [3.8, 4) is 0 Å². The number of nitrogens with zero attached hydrogens (tertiary/aromatic N) is 3. The zero-order valence-electron chi connectivity index (χ0n) is 15.1. The summed E-state index contributed by atoms with van der Waals surface area (Å²) in [7, 11) is 0. The lowest BCUT2D eigenvalue weighted by atomic mass is 10.1. The van der Waals surface area contributed by atoms with Gasteiger partial charge in [0, 0.05) is 32.7 Å². The van der Waals surface area contributed by atoms with E-state index in [-0.39, 0.29) is 18.0 Å². The number of rotatable bonds is 2. The van der Waals surface area contributed by atoms with Crippen LogP contribution in [0.2, 0.25) is 0 Å². The van der Waals surface area contributed by atoms with E-state index in [1.54, 1.807) is 4.90 Å². The van der Waals surface area contributed by atoms with Crippen molar-refractivity contribution < 1.29 is 9.59 Å². The number of H-pyrrole nitrogens is 1. The van der Waals surface area contributed by atoms with Crippen molar-refractivity contribution in [1.29, 1.82) is 0 Å². The largest absolute Gasteiger partial charge is 0.353 e. The number of carbonyl (C=O) groups is 2. The van der Waals surface area contributed by atoms with Crippen LogP contribution < -0.4 is 10.6 Å². The van der Waals surface area contributed by atoms with E-state index in [9.17, 15) is 9.59 Å². The van der Waals surface area contributed by atoms with E-state index >= 15 is 0 Å². The van der Waals surface area contributed by atoms with Crippen molar-refractivity contribution in [3.63, 3.8) is 0 Å². The number of carbonyl (C=O) groups excluding carboxylic acids is 2. The van der Waals surface area contributed by atoms with Gasteiger partial charge in [-0.2, -0.15) is 0 Å². The smallest absolute Gasteiger partial charge is 0.317 e. The average molecular weight is 356 g/mol. The normalized spacial score (nSPS) is 20.8. The van der Waals surface area contributed by atoms with Crippen molar-refractivity contribution in [3.05, 3.63) is 29.1 Å². The molecular formula is C18H24N6O2. The number of hydrogen-bond acceptors (Lipinski definition) is 4. The third-order valence-electron chi connectivity index (χ3n) is 5.41. The standard InChI is InChI=1S/C18H24N6O2/c1-11-3-4-13-16(12(11)2)22-15(21-13)9-20-18(26)24-8-7-23-6-5-19-17(25)14(23)10-24/h3-4,14H,5-10H2,1-2H3,(H,19,25)(H,20,26)(H,21,22)/t14-/m0/s1. The molecule has 2 saturated heterocycles. The molecule has 2 aromatic rings. The fourth-order valence-corrected chi connectivity index (χ4v) is 3.68. The number of aryl methyl sites for hydroxylation is 2. The summed E-state index contributed by atoms with van der Waals surface area (Å²) in [5, 5.41) is 5.79. The molecule has 2 aliphatic rings. The SMILES string of the molecule is Cc1ccc2[nH]c(CNC(=O)N3CCN4CCNC(=O)[C@@H]4C3)nc2c1C. The van der Waals surface area contributed by atoms with Crippen LogP contribution in [0.15, 0.2) is 12.1 Å². The molecule has 0 aliphatic carbocycles. The van der Waals surface area contributed by atoms with E-state index in [0.29, 0.717) is 26.2 Å². The molecule has 0 spiro atoms. The highest BCUT2D eigenvalue weighted by Gasteiger charge is 2.36. The van der Waals surface area contributed by atoms with Crippen molar-refractivity contribution in [2.24, 2.45) is 0 Å². The Balaban J connectivity index is 1.39. The molecule has 2 aliphatic heterocycles. The van der Waals surface area contributed by atoms with Gasteiger partial charge in [0.1, 0.15) is 11.9 Å². The molecule has 1 aromatic heterocycles. The Morgan fingerprint density at radius 1 is 1.31 bits per heavy atom. The molecule has 3 amide bonds. The second-order valence-corrected chi connectivity index (χ2v) is 7.03. The fourth-order valence-electron chi connectivity index (χ4n) is 3.68. The molecule has 0 saturated carbocycles. The first kappa shape index (κ1) is 16.8. The lowest BCUT2D eigenvalue weighted by molar-refractivity contribution is -0.131. The second-order valence-electron chi connectivity index (χ2n) is 7.03. The molecule has 3 heterocycles. The maximum Gasteiger partial charge on any atom is 0.317 e. The predicted molar refractivity (Wildman–Crippen MR) is 97.7 cm³/mol. The molecule has 2 fully saturated rings. The summed E-state index contributed by atoms with van der Waals surface area (Å²) in [6.45, 7) is 7.78. The molecule has 4 rings (SSSR count). The average Bonchev–Trinajstić information content (AvgIpc) is 3.07. The summed E-state index contributed by atoms with van der Waals surface area (Å²) in [6, 6.07) is 3.68. The Labute approximate surface area is 151 Å². The van der Waals surface area contributed by atoms with Gasteiger partial charge in [0.05, 0.1) is 17.6 Å². The molecule has 0 radical (unpaired) electrons. The van der Waals surface area contributed by atoms with Gasteiger partial charge in [0.15, 0.2) is 0 Å². The number of urea groups is 1. The Kier molecular flexibility index (Phi) is 4.28. The van der Waals surface area contributed by atoms with E-state index in [2.05, 4.69) is 45.4 Å². The van der Waals surface area contributed by atoms with Crippen LogP contribution in [0.1, 0.15) is 17.0 Å². The van der Waals surface area contributed by atoms with Gasteiger partial charge in [0.25, 0.3) is 0 Å². The number of amides is 3. The molecule has 26 heavy (non-hydrogen) atoms. The van der Waals surface area contributed by atoms with Gasteiger partial charge in [-0.15, -0.1) is 0 Å². The Morgan fingerprint density at radius 3 is 3.00 bits per heavy atom. The second kappa shape index (κ2) is 6.60. The summed E-state index contributed by atoms with van der Waals surface area (Å²) in [4.78, 5) is 36.2. The lowest BCUT2D eigenvalue weighted by Crippen LogP contribution is -2.65. The van der Waals surface area contributed by atoms with Crippen LogP contribution in [0.25, 0.3) is 11.0 Å². The fraction of sp³-hybridized carbons (Fsp3) is 0.500. The number of aromatic nitrogens is 2. The van der Waals surface area contributed by atoms with Crippen LogP contribution in [0.3, 0.4) is 0 Å². The molecule has 3 N–H and O–H groups in total. The van der Waals surface area contributed by atoms with E-state index < -0.39 is 0 Å². The Morgan fingerprint density at radius 2 is 2.15 bits per heavy atom. The summed E-state index contributed by atoms with van der Waals surface area (Å²) in [5.74, 6) is 0.743. The van der Waals surface area contributed by atoms with Crippen LogP contribution in [-0.4, -0.2) is 70.5 Å². The summed E-state index contributed by atoms with van der Waals surface area (Å²) in [6.07, 6.45) is 0. The van der Waals surface area contributed by atoms with Crippen molar-refractivity contribution >= 4 is 23.0 Å². The topological polar surface area (TPSA) is 93.4 Å². The van der Waals surface area contributed by atoms with Crippen LogP contribution in [-0.2, 0) is 11.3 Å². The molecule has 0 unspecified atom stereocenters. The minimum absolute atomic E-state index is 0.0110. The van der Waals surface area contributed by atoms with Gasteiger partial charge in [-0.1, -0.05) is 6.07 Å². The van der Waals surface area contributed by atoms with Gasteiger partial charge in [0.2, 0.25) is 5.91 Å². The van der Waals surface area contributed by atoms with Crippen LogP contribution in [0.4, 0.5) is 4.79 Å². The molecular weight excluding hydrogens is 332 g/mol. The number of hydrogen-bond donors (Lipinski definition) is 3. The predicted octanol–water partition coefficient (Wildman–Crippen LogP) is 0.505. The highest BCUT2D eigenvalue weighted by atomic mass is 16.2. The summed E-state index contributed by atoms with van der Waals surface area (Å²) in [5.41, 5.74) is 4.27. The van der Waals surface area contributed by atoms with Crippen molar-refractivity contribution in [2.75, 3.05) is 32.7 Å². The van der Waals surface area contributed by atoms with E-state index in [4.69, 9.17) is 0 Å². The first-order valence-corrected chi connectivity index (χ1v) is 9.02. The first-order chi connectivity index (χ1) is 12.5. The third-order valence-corrected chi connectivity index (χ3v) is 5.41. The Bertz CT molecular complexity index is 861. The molecule has 1 aromatic carbocycles. The minimum Gasteiger partial charge on any atom is -0.353 e. The van der Waals surface area contributed by atoms with Gasteiger partial charge in [-0.05, 0) is 31.0 Å². The first-order valence-electron chi connectivity index (χ1n) is 9.02.